The van der Waals surface area contributed by atoms with Crippen LogP contribution in [0.1, 0.15) is 43.3 Å². The lowest BCUT2D eigenvalue weighted by molar-refractivity contribution is 0.0783. The molecule has 18 heavy (non-hydrogen) atoms. The number of rotatable bonds is 6. The van der Waals surface area contributed by atoms with Crippen molar-refractivity contribution in [2.45, 2.75) is 45.7 Å². The molecule has 0 saturated heterocycles. The zero-order chi connectivity index (χ0) is 13.3. The van der Waals surface area contributed by atoms with Gasteiger partial charge in [-0.15, -0.1) is 11.3 Å². The summed E-state index contributed by atoms with van der Waals surface area (Å²) in [6.45, 7) is 7.38. The van der Waals surface area contributed by atoms with Crippen LogP contribution in [0.4, 0.5) is 0 Å². The number of halogens is 1. The predicted octanol–water partition coefficient (Wildman–Crippen LogP) is 4.09. The molecule has 1 heterocycles. The molecule has 0 radical (unpaired) electrons. The van der Waals surface area contributed by atoms with Crippen molar-refractivity contribution >= 4 is 28.7 Å². The molecule has 0 amide bonds. The number of nitrogens with zero attached hydrogens (tertiary/aromatic N) is 1. The van der Waals surface area contributed by atoms with Crippen LogP contribution in [0, 0.1) is 5.92 Å². The Labute approximate surface area is 118 Å². The molecule has 0 aromatic carbocycles. The van der Waals surface area contributed by atoms with E-state index in [0.717, 1.165) is 17.3 Å². The zero-order valence-corrected chi connectivity index (χ0v) is 12.7. The lowest BCUT2D eigenvalue weighted by Crippen LogP contribution is -2.44. The molecule has 2 nitrogen and oxygen atoms in total. The fourth-order valence-corrected chi connectivity index (χ4v) is 3.28. The number of hydrogen-bond acceptors (Lipinski definition) is 3. The van der Waals surface area contributed by atoms with Crippen LogP contribution in [0.3, 0.4) is 0 Å². The third-order valence-electron chi connectivity index (χ3n) is 3.52. The highest BCUT2D eigenvalue weighted by atomic mass is 35.5. The Kier molecular flexibility index (Phi) is 4.46. The van der Waals surface area contributed by atoms with Crippen molar-refractivity contribution < 1.29 is 4.79 Å². The van der Waals surface area contributed by atoms with Gasteiger partial charge in [-0.2, -0.15) is 0 Å². The summed E-state index contributed by atoms with van der Waals surface area (Å²) < 4.78 is 0.684. The molecule has 1 aromatic heterocycles. The minimum absolute atomic E-state index is 0.0553. The summed E-state index contributed by atoms with van der Waals surface area (Å²) in [5.74, 6) is 0.996. The number of Topliss-reactive ketones (excluding diaryl/α,β-unsaturated/α-hetero) is 1. The zero-order valence-electron chi connectivity index (χ0n) is 11.1. The van der Waals surface area contributed by atoms with Gasteiger partial charge in [-0.25, -0.2) is 0 Å². The Morgan fingerprint density at radius 2 is 2.11 bits per heavy atom. The molecule has 1 atom stereocenters. The normalized spacial score (nSPS) is 17.4. The number of carbonyl (C=O) groups excluding carboxylic acids is 1. The van der Waals surface area contributed by atoms with Crippen LogP contribution in [0.15, 0.2) is 12.1 Å². The van der Waals surface area contributed by atoms with Gasteiger partial charge >= 0.3 is 0 Å². The largest absolute Gasteiger partial charge is 0.291 e. The number of carbonyl (C=O) groups is 1. The van der Waals surface area contributed by atoms with Crippen molar-refractivity contribution in [1.82, 2.24) is 4.90 Å². The second-order valence-electron chi connectivity index (χ2n) is 5.38. The van der Waals surface area contributed by atoms with E-state index in [4.69, 9.17) is 11.6 Å². The monoisotopic (exact) mass is 285 g/mol. The van der Waals surface area contributed by atoms with E-state index < -0.39 is 0 Å². The highest BCUT2D eigenvalue weighted by molar-refractivity contribution is 7.18. The highest BCUT2D eigenvalue weighted by Crippen LogP contribution is 2.32. The lowest BCUT2D eigenvalue weighted by atomic mass is 10.1. The molecule has 4 heteroatoms. The molecule has 1 aliphatic carbocycles. The van der Waals surface area contributed by atoms with Crippen LogP contribution in [0.2, 0.25) is 4.34 Å². The van der Waals surface area contributed by atoms with Crippen LogP contribution < -0.4 is 0 Å². The summed E-state index contributed by atoms with van der Waals surface area (Å²) in [5.41, 5.74) is 0. The third-order valence-corrected chi connectivity index (χ3v) is 4.77. The van der Waals surface area contributed by atoms with Gasteiger partial charge in [-0.3, -0.25) is 9.69 Å². The molecule has 0 N–H and O–H groups in total. The molecule has 1 saturated carbocycles. The molecule has 0 bridgehead atoms. The smallest absolute Gasteiger partial charge is 0.189 e. The van der Waals surface area contributed by atoms with Crippen molar-refractivity contribution in [2.75, 3.05) is 6.54 Å². The van der Waals surface area contributed by atoms with Gasteiger partial charge in [-0.05, 0) is 51.7 Å². The fraction of sp³-hybridized carbons (Fsp3) is 0.643. The van der Waals surface area contributed by atoms with Gasteiger partial charge in [0.15, 0.2) is 5.78 Å². The van der Waals surface area contributed by atoms with Crippen LogP contribution in [0.5, 0.6) is 0 Å². The van der Waals surface area contributed by atoms with E-state index in [1.807, 2.05) is 13.0 Å². The van der Waals surface area contributed by atoms with Crippen molar-refractivity contribution in [3.05, 3.63) is 21.3 Å². The van der Waals surface area contributed by atoms with Gasteiger partial charge in [0.2, 0.25) is 0 Å². The topological polar surface area (TPSA) is 20.3 Å². The van der Waals surface area contributed by atoms with E-state index in [2.05, 4.69) is 18.7 Å². The van der Waals surface area contributed by atoms with Gasteiger partial charge in [0.25, 0.3) is 0 Å². The first-order valence-corrected chi connectivity index (χ1v) is 7.73. The average Bonchev–Trinajstić information content (AvgIpc) is 3.04. The van der Waals surface area contributed by atoms with E-state index in [-0.39, 0.29) is 11.8 Å². The van der Waals surface area contributed by atoms with E-state index in [0.29, 0.717) is 10.4 Å². The Balaban J connectivity index is 2.06. The Morgan fingerprint density at radius 1 is 1.44 bits per heavy atom. The third kappa shape index (κ3) is 3.34. The maximum absolute atomic E-state index is 12.4. The minimum Gasteiger partial charge on any atom is -0.291 e. The molecule has 0 spiro atoms. The maximum Gasteiger partial charge on any atom is 0.189 e. The summed E-state index contributed by atoms with van der Waals surface area (Å²) in [5, 5.41) is 0. The summed E-state index contributed by atoms with van der Waals surface area (Å²) in [6.07, 6.45) is 2.63. The minimum atomic E-state index is -0.0553. The van der Waals surface area contributed by atoms with Crippen LogP contribution in [-0.4, -0.2) is 29.3 Å². The molecule has 100 valence electrons. The molecule has 1 fully saturated rings. The van der Waals surface area contributed by atoms with E-state index in [9.17, 15) is 4.79 Å². The highest BCUT2D eigenvalue weighted by Gasteiger charge is 2.31. The molecule has 1 unspecified atom stereocenters. The molecular formula is C14H20ClNOS. The van der Waals surface area contributed by atoms with Crippen molar-refractivity contribution in [3.63, 3.8) is 0 Å². The summed E-state index contributed by atoms with van der Waals surface area (Å²) in [4.78, 5) is 15.5. The summed E-state index contributed by atoms with van der Waals surface area (Å²) >= 11 is 7.28. The number of hydrogen-bond donors (Lipinski definition) is 0. The van der Waals surface area contributed by atoms with Crippen molar-refractivity contribution in [2.24, 2.45) is 5.92 Å². The fourth-order valence-electron chi connectivity index (χ4n) is 2.22. The summed E-state index contributed by atoms with van der Waals surface area (Å²) in [6, 6.07) is 3.98. The molecule has 1 aliphatic rings. The van der Waals surface area contributed by atoms with Crippen LogP contribution in [0.25, 0.3) is 0 Å². The molecule has 1 aromatic rings. The van der Waals surface area contributed by atoms with Gasteiger partial charge in [0, 0.05) is 12.6 Å². The van der Waals surface area contributed by atoms with Crippen molar-refractivity contribution in [3.8, 4) is 0 Å². The van der Waals surface area contributed by atoms with E-state index in [1.165, 1.54) is 24.2 Å². The summed E-state index contributed by atoms with van der Waals surface area (Å²) in [7, 11) is 0. The molecule has 2 rings (SSSR count). The number of ketones is 1. The van der Waals surface area contributed by atoms with Gasteiger partial charge < -0.3 is 0 Å². The second-order valence-corrected chi connectivity index (χ2v) is 7.09. The van der Waals surface area contributed by atoms with E-state index in [1.54, 1.807) is 6.07 Å². The first kappa shape index (κ1) is 14.0. The van der Waals surface area contributed by atoms with Gasteiger partial charge in [0.05, 0.1) is 15.3 Å². The Bertz CT molecular complexity index is 425. The molecule has 0 aliphatic heterocycles. The average molecular weight is 286 g/mol. The maximum atomic E-state index is 12.4. The Hall–Kier alpha value is -0.380. The first-order chi connectivity index (χ1) is 8.49. The van der Waals surface area contributed by atoms with Crippen LogP contribution in [-0.2, 0) is 0 Å². The van der Waals surface area contributed by atoms with E-state index >= 15 is 0 Å². The first-order valence-electron chi connectivity index (χ1n) is 6.54. The van der Waals surface area contributed by atoms with Crippen LogP contribution >= 0.6 is 22.9 Å². The molecular weight excluding hydrogens is 266 g/mol. The lowest BCUT2D eigenvalue weighted by Gasteiger charge is -2.31. The quantitative estimate of drug-likeness (QED) is 0.734. The van der Waals surface area contributed by atoms with Gasteiger partial charge in [0.1, 0.15) is 0 Å². The SMILES string of the molecule is CC(C)N(CC1CC1)C(C)C(=O)c1ccc(Cl)s1. The predicted molar refractivity (Wildman–Crippen MR) is 77.7 cm³/mol. The van der Waals surface area contributed by atoms with Gasteiger partial charge in [-0.1, -0.05) is 11.6 Å². The Morgan fingerprint density at radius 3 is 2.56 bits per heavy atom. The second kappa shape index (κ2) is 5.72. The number of thiophene rings is 1. The standard InChI is InChI=1S/C14H20ClNOS/c1-9(2)16(8-11-4-5-11)10(3)14(17)12-6-7-13(15)18-12/h6-7,9-11H,4-5,8H2,1-3H3. The van der Waals surface area contributed by atoms with Crippen molar-refractivity contribution in [1.29, 1.82) is 0 Å².